The van der Waals surface area contributed by atoms with E-state index in [0.29, 0.717) is 13.0 Å². The van der Waals surface area contributed by atoms with Gasteiger partial charge in [-0.3, -0.25) is 0 Å². The van der Waals surface area contributed by atoms with Crippen molar-refractivity contribution in [3.8, 4) is 0 Å². The molecule has 0 radical (unpaired) electrons. The Morgan fingerprint density at radius 3 is 2.40 bits per heavy atom. The number of carboxylic acid groups (broad SMARTS) is 1. The molecule has 0 aromatic rings. The quantitative estimate of drug-likeness (QED) is 0.675. The molecule has 5 nitrogen and oxygen atoms in total. The standard InChI is InChI=1S/C14H26N2O3S/c1-4-10(2)11(12(17)18)16-13(19)15-9-14(20-3)7-5-6-8-14/h10-11H,4-9H2,1-3H3,(H,17,18)(H2,15,16,19)/t10?,11-/m0/s1. The molecule has 0 heterocycles. The molecule has 1 aliphatic rings. The third-order valence-corrected chi connectivity index (χ3v) is 5.70. The van der Waals surface area contributed by atoms with Crippen LogP contribution in [0, 0.1) is 5.92 Å². The van der Waals surface area contributed by atoms with Crippen molar-refractivity contribution in [2.24, 2.45) is 5.92 Å². The largest absolute Gasteiger partial charge is 0.480 e. The summed E-state index contributed by atoms with van der Waals surface area (Å²) in [6, 6.07) is -1.20. The average molecular weight is 302 g/mol. The minimum absolute atomic E-state index is 0.0840. The molecule has 0 aliphatic heterocycles. The van der Waals surface area contributed by atoms with E-state index in [1.807, 2.05) is 13.8 Å². The summed E-state index contributed by atoms with van der Waals surface area (Å²) < 4.78 is 0.131. The molecular weight excluding hydrogens is 276 g/mol. The van der Waals surface area contributed by atoms with Crippen LogP contribution in [0.1, 0.15) is 46.0 Å². The fourth-order valence-corrected chi connectivity index (χ4v) is 3.50. The Labute approximate surface area is 125 Å². The molecule has 0 bridgehead atoms. The lowest BCUT2D eigenvalue weighted by Gasteiger charge is -2.28. The topological polar surface area (TPSA) is 78.4 Å². The number of hydrogen-bond donors (Lipinski definition) is 3. The molecule has 1 rings (SSSR count). The number of amides is 2. The van der Waals surface area contributed by atoms with Gasteiger partial charge in [0.2, 0.25) is 0 Å². The molecule has 3 N–H and O–H groups in total. The Kier molecular flexibility index (Phi) is 6.65. The minimum atomic E-state index is -0.977. The molecule has 1 saturated carbocycles. The number of rotatable bonds is 7. The lowest BCUT2D eigenvalue weighted by Crippen LogP contribution is -2.51. The van der Waals surface area contributed by atoms with Gasteiger partial charge < -0.3 is 15.7 Å². The summed E-state index contributed by atoms with van der Waals surface area (Å²) in [5.74, 6) is -1.06. The van der Waals surface area contributed by atoms with Gasteiger partial charge in [-0.25, -0.2) is 9.59 Å². The zero-order chi connectivity index (χ0) is 15.2. The van der Waals surface area contributed by atoms with E-state index < -0.39 is 12.0 Å². The third kappa shape index (κ3) is 4.58. The van der Waals surface area contributed by atoms with Crippen LogP contribution in [-0.2, 0) is 4.79 Å². The zero-order valence-corrected chi connectivity index (χ0v) is 13.4. The molecule has 0 saturated heterocycles. The van der Waals surface area contributed by atoms with Crippen molar-refractivity contribution in [3.05, 3.63) is 0 Å². The number of nitrogens with one attached hydrogen (secondary N) is 2. The normalized spacial score (nSPS) is 20.1. The van der Waals surface area contributed by atoms with Gasteiger partial charge >= 0.3 is 12.0 Å². The van der Waals surface area contributed by atoms with Crippen molar-refractivity contribution in [3.63, 3.8) is 0 Å². The summed E-state index contributed by atoms with van der Waals surface area (Å²) in [6.45, 7) is 4.35. The number of thioether (sulfide) groups is 1. The van der Waals surface area contributed by atoms with E-state index in [2.05, 4.69) is 16.9 Å². The average Bonchev–Trinajstić information content (AvgIpc) is 2.91. The Morgan fingerprint density at radius 1 is 1.35 bits per heavy atom. The van der Waals surface area contributed by atoms with Crippen LogP contribution in [0.5, 0.6) is 0 Å². The Bertz CT molecular complexity index is 343. The summed E-state index contributed by atoms with van der Waals surface area (Å²) in [7, 11) is 0. The van der Waals surface area contributed by atoms with Gasteiger partial charge in [-0.15, -0.1) is 0 Å². The molecule has 6 heteroatoms. The molecule has 1 unspecified atom stereocenters. The highest BCUT2D eigenvalue weighted by molar-refractivity contribution is 8.00. The molecule has 116 valence electrons. The summed E-state index contributed by atoms with van der Waals surface area (Å²) in [5, 5.41) is 14.6. The van der Waals surface area contributed by atoms with E-state index in [-0.39, 0.29) is 16.7 Å². The molecular formula is C14H26N2O3S. The molecule has 1 aliphatic carbocycles. The first-order valence-corrected chi connectivity index (χ1v) is 8.49. The van der Waals surface area contributed by atoms with Crippen LogP contribution in [-0.4, -0.2) is 40.7 Å². The zero-order valence-electron chi connectivity index (χ0n) is 12.6. The first-order valence-electron chi connectivity index (χ1n) is 7.26. The van der Waals surface area contributed by atoms with Crippen molar-refractivity contribution >= 4 is 23.8 Å². The second kappa shape index (κ2) is 7.76. The first-order chi connectivity index (χ1) is 9.44. The predicted molar refractivity (Wildman–Crippen MR) is 82.1 cm³/mol. The van der Waals surface area contributed by atoms with Crippen molar-refractivity contribution < 1.29 is 14.7 Å². The molecule has 0 spiro atoms. The maximum absolute atomic E-state index is 11.9. The second-order valence-corrected chi connectivity index (χ2v) is 6.90. The Hall–Kier alpha value is -0.910. The smallest absolute Gasteiger partial charge is 0.326 e. The highest BCUT2D eigenvalue weighted by atomic mass is 32.2. The fraction of sp³-hybridized carbons (Fsp3) is 0.857. The van der Waals surface area contributed by atoms with Crippen LogP contribution in [0.15, 0.2) is 0 Å². The van der Waals surface area contributed by atoms with Gasteiger partial charge in [-0.2, -0.15) is 11.8 Å². The van der Waals surface area contributed by atoms with Crippen molar-refractivity contribution in [2.45, 2.75) is 56.7 Å². The highest BCUT2D eigenvalue weighted by Gasteiger charge is 2.33. The van der Waals surface area contributed by atoms with Gasteiger partial charge in [-0.05, 0) is 25.0 Å². The number of carboxylic acids is 1. The number of carbonyl (C=O) groups is 2. The Morgan fingerprint density at radius 2 is 1.95 bits per heavy atom. The summed E-state index contributed by atoms with van der Waals surface area (Å²) in [5.41, 5.74) is 0. The highest BCUT2D eigenvalue weighted by Crippen LogP contribution is 2.39. The van der Waals surface area contributed by atoms with Crippen molar-refractivity contribution in [1.29, 1.82) is 0 Å². The van der Waals surface area contributed by atoms with Crippen molar-refractivity contribution in [1.82, 2.24) is 10.6 Å². The molecule has 2 atom stereocenters. The maximum Gasteiger partial charge on any atom is 0.326 e. The van der Waals surface area contributed by atoms with E-state index >= 15 is 0 Å². The summed E-state index contributed by atoms with van der Waals surface area (Å²) in [6.07, 6.45) is 7.42. The van der Waals surface area contributed by atoms with Crippen LogP contribution in [0.3, 0.4) is 0 Å². The van der Waals surface area contributed by atoms with E-state index in [4.69, 9.17) is 5.11 Å². The van der Waals surface area contributed by atoms with Crippen LogP contribution in [0.25, 0.3) is 0 Å². The Balaban J connectivity index is 2.47. The summed E-state index contributed by atoms with van der Waals surface area (Å²) >= 11 is 1.80. The van der Waals surface area contributed by atoms with Crippen LogP contribution >= 0.6 is 11.8 Å². The molecule has 0 aromatic heterocycles. The van der Waals surface area contributed by atoms with E-state index in [1.165, 1.54) is 12.8 Å². The van der Waals surface area contributed by atoms with E-state index in [9.17, 15) is 9.59 Å². The van der Waals surface area contributed by atoms with E-state index in [1.54, 1.807) is 11.8 Å². The van der Waals surface area contributed by atoms with Gasteiger partial charge in [0.1, 0.15) is 6.04 Å². The van der Waals surface area contributed by atoms with Gasteiger partial charge in [-0.1, -0.05) is 33.1 Å². The lowest BCUT2D eigenvalue weighted by atomic mass is 9.99. The van der Waals surface area contributed by atoms with Crippen LogP contribution in [0.2, 0.25) is 0 Å². The van der Waals surface area contributed by atoms with Crippen molar-refractivity contribution in [2.75, 3.05) is 12.8 Å². The number of hydrogen-bond acceptors (Lipinski definition) is 3. The third-order valence-electron chi connectivity index (χ3n) is 4.28. The number of urea groups is 1. The van der Waals surface area contributed by atoms with Gasteiger partial charge in [0.15, 0.2) is 0 Å². The monoisotopic (exact) mass is 302 g/mol. The SMILES string of the molecule is CCC(C)[C@H](NC(=O)NCC1(SC)CCCC1)C(=O)O. The van der Waals surface area contributed by atoms with Gasteiger partial charge in [0.25, 0.3) is 0 Å². The van der Waals surface area contributed by atoms with Crippen LogP contribution in [0.4, 0.5) is 4.79 Å². The number of carbonyl (C=O) groups excluding carboxylic acids is 1. The molecule has 0 aromatic carbocycles. The fourth-order valence-electron chi connectivity index (χ4n) is 2.59. The predicted octanol–water partition coefficient (Wildman–Crippen LogP) is 2.46. The number of aliphatic carboxylic acids is 1. The first kappa shape index (κ1) is 17.1. The lowest BCUT2D eigenvalue weighted by molar-refractivity contribution is -0.140. The molecule has 2 amide bonds. The van der Waals surface area contributed by atoms with Crippen LogP contribution < -0.4 is 10.6 Å². The van der Waals surface area contributed by atoms with E-state index in [0.717, 1.165) is 12.8 Å². The molecule has 1 fully saturated rings. The van der Waals surface area contributed by atoms with Gasteiger partial charge in [0.05, 0.1) is 0 Å². The minimum Gasteiger partial charge on any atom is -0.480 e. The summed E-state index contributed by atoms with van der Waals surface area (Å²) in [4.78, 5) is 23.1. The second-order valence-electron chi connectivity index (χ2n) is 5.62. The van der Waals surface area contributed by atoms with Gasteiger partial charge in [0, 0.05) is 11.3 Å². The maximum atomic E-state index is 11.9. The molecule has 20 heavy (non-hydrogen) atoms.